The molecule has 0 unspecified atom stereocenters. The number of likely N-dealkylation sites (N-methyl/N-ethyl adjacent to an activating group) is 2. The predicted octanol–water partition coefficient (Wildman–Crippen LogP) is 5.62. The van der Waals surface area contributed by atoms with Gasteiger partial charge in [-0.15, -0.1) is 11.3 Å². The third-order valence-electron chi connectivity index (χ3n) is 9.52. The van der Waals surface area contributed by atoms with E-state index in [4.69, 9.17) is 4.98 Å². The lowest BCUT2D eigenvalue weighted by Crippen LogP contribution is -2.48. The highest BCUT2D eigenvalue weighted by Crippen LogP contribution is 2.56. The zero-order valence-corrected chi connectivity index (χ0v) is 26.2. The summed E-state index contributed by atoms with van der Waals surface area (Å²) in [6.45, 7) is 3.47. The van der Waals surface area contributed by atoms with E-state index < -0.39 is 0 Å². The van der Waals surface area contributed by atoms with Crippen molar-refractivity contribution >= 4 is 40.3 Å². The maximum Gasteiger partial charge on any atom is 0.293 e. The fourth-order valence-corrected chi connectivity index (χ4v) is 8.24. The number of nitrogens with one attached hydrogen (secondary N) is 2. The number of fused-ring (bicyclic) bond motifs is 5. The molecule has 2 fully saturated rings. The molecule has 4 aromatic rings. The van der Waals surface area contributed by atoms with Crippen molar-refractivity contribution in [2.45, 2.75) is 44.1 Å². The molecule has 44 heavy (non-hydrogen) atoms. The number of rotatable bonds is 6. The normalized spacial score (nSPS) is 21.0. The van der Waals surface area contributed by atoms with Crippen molar-refractivity contribution in [3.8, 4) is 11.3 Å². The van der Waals surface area contributed by atoms with Crippen LogP contribution in [0.5, 0.6) is 0 Å². The Morgan fingerprint density at radius 1 is 1.00 bits per heavy atom. The van der Waals surface area contributed by atoms with E-state index in [1.807, 2.05) is 63.5 Å². The smallest absolute Gasteiger partial charge is 0.293 e. The molecule has 10 heteroatoms. The van der Waals surface area contributed by atoms with Crippen LogP contribution in [0.3, 0.4) is 0 Å². The molecule has 2 bridgehead atoms. The zero-order valence-electron chi connectivity index (χ0n) is 25.4. The summed E-state index contributed by atoms with van der Waals surface area (Å²) in [5, 5.41) is 6.31. The van der Waals surface area contributed by atoms with Crippen molar-refractivity contribution in [2.75, 3.05) is 37.8 Å². The first-order valence-corrected chi connectivity index (χ1v) is 15.9. The Kier molecular flexibility index (Phi) is 7.13. The van der Waals surface area contributed by atoms with Crippen LogP contribution in [-0.2, 0) is 11.8 Å². The van der Waals surface area contributed by atoms with Gasteiger partial charge in [-0.1, -0.05) is 24.3 Å². The highest BCUT2D eigenvalue weighted by atomic mass is 32.1. The van der Waals surface area contributed by atoms with E-state index in [0.29, 0.717) is 29.8 Å². The summed E-state index contributed by atoms with van der Waals surface area (Å²) in [6, 6.07) is 15.1. The van der Waals surface area contributed by atoms with Gasteiger partial charge in [-0.2, -0.15) is 0 Å². The molecule has 2 aromatic carbocycles. The summed E-state index contributed by atoms with van der Waals surface area (Å²) < 4.78 is 1.51. The monoisotopic (exact) mass is 608 g/mol. The number of hydrogen-bond acceptors (Lipinski definition) is 7. The fraction of sp³-hybridized carbons (Fsp3) is 0.353. The van der Waals surface area contributed by atoms with Crippen LogP contribution < -0.4 is 16.2 Å². The van der Waals surface area contributed by atoms with Gasteiger partial charge in [0.25, 0.3) is 11.5 Å². The van der Waals surface area contributed by atoms with Crippen LogP contribution >= 0.6 is 11.3 Å². The van der Waals surface area contributed by atoms with Crippen molar-refractivity contribution in [1.82, 2.24) is 19.4 Å². The van der Waals surface area contributed by atoms with E-state index in [1.54, 1.807) is 29.5 Å². The Morgan fingerprint density at radius 2 is 1.77 bits per heavy atom. The van der Waals surface area contributed by atoms with Gasteiger partial charge in [0.05, 0.1) is 10.6 Å². The van der Waals surface area contributed by atoms with Crippen molar-refractivity contribution in [3.05, 3.63) is 91.5 Å². The molecule has 1 saturated heterocycles. The first-order valence-electron chi connectivity index (χ1n) is 15.1. The fourth-order valence-electron chi connectivity index (χ4n) is 6.95. The van der Waals surface area contributed by atoms with Gasteiger partial charge in [-0.05, 0) is 86.0 Å². The van der Waals surface area contributed by atoms with Gasteiger partial charge in [0.15, 0.2) is 5.82 Å². The molecule has 3 atom stereocenters. The summed E-state index contributed by atoms with van der Waals surface area (Å²) in [6.07, 6.45) is 5.44. The minimum absolute atomic E-state index is 0.0717. The minimum atomic E-state index is -0.330. The van der Waals surface area contributed by atoms with Crippen LogP contribution in [0.15, 0.2) is 59.5 Å². The second kappa shape index (κ2) is 11.0. The van der Waals surface area contributed by atoms with Gasteiger partial charge in [-0.25, -0.2) is 4.98 Å². The molecule has 2 aromatic heterocycles. The SMILES string of the molecule is Cc1c(NC(=O)c2cc3c(s2)[C@@H]2CC[C@@H]3C2)cccc1-c1cn(C)c(=O)c(Nc2ccc([C@H]3C(=O)N(C)CCN3C)cc2)n1. The van der Waals surface area contributed by atoms with Crippen LogP contribution in [0, 0.1) is 6.92 Å². The molecule has 9 nitrogen and oxygen atoms in total. The van der Waals surface area contributed by atoms with Gasteiger partial charge in [0, 0.05) is 55.2 Å². The Labute approximate surface area is 260 Å². The number of anilines is 3. The molecule has 1 saturated carbocycles. The number of benzene rings is 2. The Bertz CT molecular complexity index is 1820. The Balaban J connectivity index is 1.12. The van der Waals surface area contributed by atoms with E-state index >= 15 is 0 Å². The van der Waals surface area contributed by atoms with E-state index in [2.05, 4.69) is 21.6 Å². The van der Waals surface area contributed by atoms with Crippen LogP contribution in [-0.4, -0.2) is 58.4 Å². The number of carbonyl (C=O) groups excluding carboxylic acids is 2. The van der Waals surface area contributed by atoms with E-state index in [0.717, 1.165) is 33.8 Å². The van der Waals surface area contributed by atoms with Crippen molar-refractivity contribution in [1.29, 1.82) is 0 Å². The van der Waals surface area contributed by atoms with Gasteiger partial charge in [0.2, 0.25) is 5.91 Å². The van der Waals surface area contributed by atoms with Crippen molar-refractivity contribution in [3.63, 3.8) is 0 Å². The second-order valence-corrected chi connectivity index (χ2v) is 13.4. The summed E-state index contributed by atoms with van der Waals surface area (Å²) in [5.74, 6) is 1.44. The summed E-state index contributed by atoms with van der Waals surface area (Å²) >= 11 is 1.64. The summed E-state index contributed by atoms with van der Waals surface area (Å²) in [7, 11) is 5.49. The van der Waals surface area contributed by atoms with Gasteiger partial charge >= 0.3 is 0 Å². The number of nitrogens with zero attached hydrogens (tertiary/aromatic N) is 4. The minimum Gasteiger partial charge on any atom is -0.343 e. The van der Waals surface area contributed by atoms with Crippen LogP contribution in [0.1, 0.15) is 68.4 Å². The van der Waals surface area contributed by atoms with Crippen LogP contribution in [0.4, 0.5) is 17.2 Å². The molecule has 0 radical (unpaired) electrons. The predicted molar refractivity (Wildman–Crippen MR) is 174 cm³/mol. The number of piperazine rings is 1. The molecule has 2 aliphatic carbocycles. The molecule has 3 aliphatic rings. The van der Waals surface area contributed by atoms with Crippen LogP contribution in [0.2, 0.25) is 0 Å². The number of aryl methyl sites for hydroxylation is 1. The number of amides is 2. The highest BCUT2D eigenvalue weighted by Gasteiger charge is 2.39. The largest absolute Gasteiger partial charge is 0.343 e. The van der Waals surface area contributed by atoms with Gasteiger partial charge < -0.3 is 20.1 Å². The number of hydrogen-bond donors (Lipinski definition) is 2. The highest BCUT2D eigenvalue weighted by molar-refractivity contribution is 7.14. The molecule has 2 amide bonds. The number of aromatic nitrogens is 2. The lowest BCUT2D eigenvalue weighted by Gasteiger charge is -2.37. The summed E-state index contributed by atoms with van der Waals surface area (Å²) in [4.78, 5) is 49.9. The molecular formula is C34H36N6O3S. The Hall–Kier alpha value is -4.28. The molecular weight excluding hydrogens is 572 g/mol. The molecule has 7 rings (SSSR count). The molecule has 226 valence electrons. The third kappa shape index (κ3) is 4.92. The first-order chi connectivity index (χ1) is 21.2. The summed E-state index contributed by atoms with van der Waals surface area (Å²) in [5.41, 5.74) is 5.75. The van der Waals surface area contributed by atoms with Gasteiger partial charge in [0.1, 0.15) is 6.04 Å². The number of carbonyl (C=O) groups is 2. The van der Waals surface area contributed by atoms with Crippen LogP contribution in [0.25, 0.3) is 11.3 Å². The number of thiophene rings is 1. The maximum absolute atomic E-state index is 13.3. The van der Waals surface area contributed by atoms with Crippen molar-refractivity contribution in [2.24, 2.45) is 7.05 Å². The molecule has 0 spiro atoms. The second-order valence-electron chi connectivity index (χ2n) is 12.4. The van der Waals surface area contributed by atoms with E-state index in [1.165, 1.54) is 34.3 Å². The quantitative estimate of drug-likeness (QED) is 0.295. The molecule has 3 heterocycles. The lowest BCUT2D eigenvalue weighted by molar-refractivity contribution is -0.139. The maximum atomic E-state index is 13.3. The van der Waals surface area contributed by atoms with E-state index in [9.17, 15) is 14.4 Å². The lowest BCUT2D eigenvalue weighted by atomic mass is 9.99. The first kappa shape index (κ1) is 28.5. The van der Waals surface area contributed by atoms with Crippen molar-refractivity contribution < 1.29 is 9.59 Å². The third-order valence-corrected chi connectivity index (χ3v) is 10.8. The molecule has 1 aliphatic heterocycles. The molecule has 2 N–H and O–H groups in total. The standard InChI is InChI=1S/C34H36N6O3S/c1-19-24(6-5-7-26(19)37-32(41)28-17-25-21-8-9-22(16-21)30(25)44-28)27-18-40(4)34(43)31(36-27)35-23-12-10-20(11-13-23)29-33(42)39(3)15-14-38(29)2/h5-7,10-13,17-18,21-22,29H,8-9,14-16H2,1-4H3,(H,35,36)(H,37,41)/t21-,22-,29+/m1/s1. The zero-order chi connectivity index (χ0) is 30.7. The topological polar surface area (TPSA) is 99.6 Å². The Morgan fingerprint density at radius 3 is 2.55 bits per heavy atom. The average Bonchev–Trinajstić information content (AvgIpc) is 3.74. The average molecular weight is 609 g/mol. The van der Waals surface area contributed by atoms with Gasteiger partial charge in [-0.3, -0.25) is 19.3 Å². The van der Waals surface area contributed by atoms with E-state index in [-0.39, 0.29) is 29.2 Å².